The van der Waals surface area contributed by atoms with E-state index in [9.17, 15) is 4.79 Å². The molecule has 4 nitrogen and oxygen atoms in total. The molecule has 4 heteroatoms. The van der Waals surface area contributed by atoms with E-state index in [4.69, 9.17) is 4.74 Å². The zero-order chi connectivity index (χ0) is 13.1. The quantitative estimate of drug-likeness (QED) is 0.772. The molecule has 2 aliphatic carbocycles. The van der Waals surface area contributed by atoms with E-state index in [1.807, 2.05) is 20.8 Å². The fourth-order valence-electron chi connectivity index (χ4n) is 1.15. The molecule has 0 spiro atoms. The van der Waals surface area contributed by atoms with Crippen LogP contribution in [0.15, 0.2) is 24.3 Å². The molecule has 0 heterocycles. The average Bonchev–Trinajstić information content (AvgIpc) is 2.07. The van der Waals surface area contributed by atoms with Gasteiger partial charge in [-0.25, -0.2) is 9.80 Å². The van der Waals surface area contributed by atoms with Crippen LogP contribution < -0.4 is 5.43 Å². The predicted octanol–water partition coefficient (Wildman–Crippen LogP) is 2.27. The topological polar surface area (TPSA) is 41.6 Å². The summed E-state index contributed by atoms with van der Waals surface area (Å²) >= 11 is 0. The van der Waals surface area contributed by atoms with E-state index in [1.54, 1.807) is 14.1 Å². The molecular formula is C13H20N2O2. The van der Waals surface area contributed by atoms with E-state index >= 15 is 0 Å². The smallest absolute Gasteiger partial charge is 0.422 e. The second-order valence-electron chi connectivity index (χ2n) is 5.09. The summed E-state index contributed by atoms with van der Waals surface area (Å²) in [5.74, 6) is 0. The third-order valence-electron chi connectivity index (χ3n) is 1.93. The SMILES string of the molecule is CN(C)NC(=O)OC(C)(C)C.c1cc2ccc1=2. The second kappa shape index (κ2) is 5.19. The number of hydrogen-bond donors (Lipinski definition) is 1. The monoisotopic (exact) mass is 236 g/mol. The molecule has 0 saturated carbocycles. The molecule has 0 aromatic carbocycles. The number of hydrazine groups is 1. The van der Waals surface area contributed by atoms with Gasteiger partial charge in [-0.3, -0.25) is 5.43 Å². The second-order valence-corrected chi connectivity index (χ2v) is 5.09. The summed E-state index contributed by atoms with van der Waals surface area (Å²) in [4.78, 5) is 10.9. The van der Waals surface area contributed by atoms with Crippen LogP contribution in [0.25, 0.3) is 0 Å². The summed E-state index contributed by atoms with van der Waals surface area (Å²) in [6.07, 6.45) is -0.428. The standard InChI is InChI=1S/C7H16N2O2.C6H4/c1-7(2,3)11-6(10)8-9(4)5;1-2-6-4-3-5(1)6/h1-5H3,(H,8,10);1-4H. The first-order valence-electron chi connectivity index (χ1n) is 5.55. The van der Waals surface area contributed by atoms with Gasteiger partial charge in [-0.2, -0.15) is 0 Å². The van der Waals surface area contributed by atoms with Crippen molar-refractivity contribution in [3.63, 3.8) is 0 Å². The lowest BCUT2D eigenvalue weighted by Gasteiger charge is -2.21. The lowest BCUT2D eigenvalue weighted by molar-refractivity contribution is 0.0399. The average molecular weight is 236 g/mol. The Labute approximate surface area is 102 Å². The number of amides is 1. The number of hydrogen-bond acceptors (Lipinski definition) is 3. The van der Waals surface area contributed by atoms with Gasteiger partial charge in [-0.1, -0.05) is 24.3 Å². The summed E-state index contributed by atoms with van der Waals surface area (Å²) in [7, 11) is 3.45. The molecule has 1 amide bonds. The number of nitrogens with zero attached hydrogens (tertiary/aromatic N) is 1. The van der Waals surface area contributed by atoms with Crippen molar-refractivity contribution in [2.75, 3.05) is 14.1 Å². The van der Waals surface area contributed by atoms with Gasteiger partial charge in [0, 0.05) is 14.1 Å². The molecule has 0 bridgehead atoms. The number of carbonyl (C=O) groups excluding carboxylic acids is 1. The molecule has 2 rings (SSSR count). The Morgan fingerprint density at radius 3 is 1.71 bits per heavy atom. The lowest BCUT2D eigenvalue weighted by atomic mass is 10.1. The van der Waals surface area contributed by atoms with E-state index in [0.29, 0.717) is 0 Å². The van der Waals surface area contributed by atoms with Crippen molar-refractivity contribution >= 4 is 6.09 Å². The van der Waals surface area contributed by atoms with Crippen molar-refractivity contribution in [1.82, 2.24) is 10.4 Å². The zero-order valence-corrected chi connectivity index (χ0v) is 11.1. The number of ether oxygens (including phenoxy) is 1. The molecule has 0 fully saturated rings. The highest BCUT2D eigenvalue weighted by molar-refractivity contribution is 5.66. The Kier molecular flexibility index (Phi) is 4.12. The predicted molar refractivity (Wildman–Crippen MR) is 67.2 cm³/mol. The van der Waals surface area contributed by atoms with Crippen molar-refractivity contribution in [3.8, 4) is 0 Å². The fraction of sp³-hybridized carbons (Fsp3) is 0.462. The molecule has 1 N–H and O–H groups in total. The number of rotatable bonds is 1. The van der Waals surface area contributed by atoms with Crippen LogP contribution in [0.2, 0.25) is 0 Å². The van der Waals surface area contributed by atoms with Crippen molar-refractivity contribution in [1.29, 1.82) is 0 Å². The maximum absolute atomic E-state index is 10.9. The van der Waals surface area contributed by atoms with Gasteiger partial charge in [0.25, 0.3) is 0 Å². The summed E-state index contributed by atoms with van der Waals surface area (Å²) in [5, 5.41) is 4.39. The number of carbonyl (C=O) groups is 1. The molecule has 0 aliphatic heterocycles. The molecule has 17 heavy (non-hydrogen) atoms. The van der Waals surface area contributed by atoms with E-state index in [0.717, 1.165) is 0 Å². The Bertz CT molecular complexity index is 425. The lowest BCUT2D eigenvalue weighted by Crippen LogP contribution is -2.40. The molecule has 94 valence electrons. The number of nitrogens with one attached hydrogen (secondary N) is 1. The van der Waals surface area contributed by atoms with Gasteiger partial charge < -0.3 is 4.74 Å². The van der Waals surface area contributed by atoms with Crippen molar-refractivity contribution in [2.45, 2.75) is 26.4 Å². The van der Waals surface area contributed by atoms with Crippen LogP contribution in [0.1, 0.15) is 20.8 Å². The summed E-state index contributed by atoms with van der Waals surface area (Å²) in [6.45, 7) is 5.46. The molecule has 0 atom stereocenters. The van der Waals surface area contributed by atoms with Crippen LogP contribution in [-0.4, -0.2) is 30.8 Å². The third-order valence-corrected chi connectivity index (χ3v) is 1.93. The van der Waals surface area contributed by atoms with Gasteiger partial charge in [0.2, 0.25) is 0 Å². The minimum atomic E-state index is -0.430. The van der Waals surface area contributed by atoms with Crippen LogP contribution in [0.5, 0.6) is 0 Å². The Morgan fingerprint density at radius 2 is 1.53 bits per heavy atom. The maximum Gasteiger partial charge on any atom is 0.422 e. The van der Waals surface area contributed by atoms with Crippen molar-refractivity contribution in [3.05, 3.63) is 34.7 Å². The molecular weight excluding hydrogens is 216 g/mol. The first-order valence-corrected chi connectivity index (χ1v) is 5.55. The van der Waals surface area contributed by atoms with Crippen LogP contribution in [0.4, 0.5) is 4.79 Å². The molecule has 2 aliphatic rings. The zero-order valence-electron chi connectivity index (χ0n) is 11.1. The summed E-state index contributed by atoms with van der Waals surface area (Å²) in [6, 6.07) is 8.48. The van der Waals surface area contributed by atoms with Crippen molar-refractivity contribution < 1.29 is 9.53 Å². The van der Waals surface area contributed by atoms with Gasteiger partial charge in [0.1, 0.15) is 5.60 Å². The first-order chi connectivity index (χ1) is 7.78. The number of benzene rings is 1. The Balaban J connectivity index is 0.000000196. The van der Waals surface area contributed by atoms with E-state index in [1.165, 1.54) is 15.4 Å². The Morgan fingerprint density at radius 1 is 1.12 bits per heavy atom. The largest absolute Gasteiger partial charge is 0.443 e. The third kappa shape index (κ3) is 4.87. The Hall–Kier alpha value is -1.55. The van der Waals surface area contributed by atoms with Crippen LogP contribution in [0, 0.1) is 10.4 Å². The van der Waals surface area contributed by atoms with E-state index in [2.05, 4.69) is 29.7 Å². The molecule has 0 aromatic heterocycles. The van der Waals surface area contributed by atoms with E-state index in [-0.39, 0.29) is 0 Å². The maximum atomic E-state index is 10.9. The minimum absolute atomic E-state index is 0.428. The van der Waals surface area contributed by atoms with Crippen LogP contribution >= 0.6 is 0 Å². The van der Waals surface area contributed by atoms with Crippen LogP contribution in [0.3, 0.4) is 0 Å². The fourth-order valence-corrected chi connectivity index (χ4v) is 1.15. The highest BCUT2D eigenvalue weighted by atomic mass is 16.6. The van der Waals surface area contributed by atoms with Crippen LogP contribution in [-0.2, 0) is 4.74 Å². The normalized spacial score (nSPS) is 11.4. The van der Waals surface area contributed by atoms with Gasteiger partial charge in [-0.15, -0.1) is 0 Å². The van der Waals surface area contributed by atoms with Gasteiger partial charge in [0.05, 0.1) is 0 Å². The molecule has 0 radical (unpaired) electrons. The van der Waals surface area contributed by atoms with Gasteiger partial charge in [0.15, 0.2) is 0 Å². The highest BCUT2D eigenvalue weighted by Crippen LogP contribution is 2.06. The first kappa shape index (κ1) is 13.5. The molecule has 0 aromatic rings. The van der Waals surface area contributed by atoms with Gasteiger partial charge in [-0.05, 0) is 31.2 Å². The van der Waals surface area contributed by atoms with Gasteiger partial charge >= 0.3 is 6.09 Å². The van der Waals surface area contributed by atoms with Crippen molar-refractivity contribution in [2.24, 2.45) is 0 Å². The highest BCUT2D eigenvalue weighted by Gasteiger charge is 2.15. The molecule has 0 unspecified atom stereocenters. The summed E-state index contributed by atoms with van der Waals surface area (Å²) < 4.78 is 4.96. The minimum Gasteiger partial charge on any atom is -0.443 e. The van der Waals surface area contributed by atoms with E-state index < -0.39 is 11.7 Å². The molecule has 0 saturated heterocycles. The summed E-state index contributed by atoms with van der Waals surface area (Å²) in [5.41, 5.74) is 2.04.